The Balaban J connectivity index is 1.29. The van der Waals surface area contributed by atoms with Crippen molar-refractivity contribution in [2.24, 2.45) is 5.92 Å². The Morgan fingerprint density at radius 1 is 0.312 bits per heavy atom. The first-order valence-corrected chi connectivity index (χ1v) is 24.8. The minimum absolute atomic E-state index is 0.624. The monoisotopic (exact) mass is 1140 g/mol. The first-order valence-electron chi connectivity index (χ1n) is 24.8. The molecule has 77 heavy (non-hydrogen) atoms. The third-order valence-corrected chi connectivity index (χ3v) is 14.4. The fraction of sp³-hybridized carbons (Fsp3) is 1.00. The molecular formula is C43H76O34. The van der Waals surface area contributed by atoms with Crippen molar-refractivity contribution in [3.8, 4) is 0 Å². The fourth-order valence-corrected chi connectivity index (χ4v) is 9.73. The van der Waals surface area contributed by atoms with Crippen LogP contribution < -0.4 is 0 Å². The molecule has 34 nitrogen and oxygen atoms in total. The van der Waals surface area contributed by atoms with Gasteiger partial charge in [-0.15, -0.1) is 0 Å². The summed E-state index contributed by atoms with van der Waals surface area (Å²) in [7, 11) is 0. The molecule has 0 radical (unpaired) electrons. The van der Waals surface area contributed by atoms with Crippen LogP contribution >= 0.6 is 0 Å². The molecule has 452 valence electrons. The van der Waals surface area contributed by atoms with Gasteiger partial charge in [0.1, 0.15) is 159 Å². The Morgan fingerprint density at radius 3 is 0.870 bits per heavy atom. The molecule has 22 N–H and O–H groups in total. The van der Waals surface area contributed by atoms with Gasteiger partial charge in [-0.05, 0) is 0 Å². The van der Waals surface area contributed by atoms with E-state index in [0.717, 1.165) is 0 Å². The van der Waals surface area contributed by atoms with Crippen molar-refractivity contribution in [3.63, 3.8) is 0 Å². The molecule has 34 heteroatoms. The van der Waals surface area contributed by atoms with E-state index >= 15 is 0 Å². The van der Waals surface area contributed by atoms with Crippen LogP contribution in [-0.4, -0.2) is 368 Å². The maximum atomic E-state index is 11.5. The smallest absolute Gasteiger partial charge is 0.187 e. The lowest BCUT2D eigenvalue weighted by Gasteiger charge is -2.48. The van der Waals surface area contributed by atoms with E-state index in [-0.39, 0.29) is 0 Å². The van der Waals surface area contributed by atoms with Crippen molar-refractivity contribution in [1.82, 2.24) is 0 Å². The molecule has 0 aromatic rings. The molecule has 0 aromatic carbocycles. The highest BCUT2D eigenvalue weighted by atomic mass is 16.8. The Kier molecular flexibility index (Phi) is 24.2. The molecule has 10 bridgehead atoms. The Bertz CT molecular complexity index is 1650. The summed E-state index contributed by atoms with van der Waals surface area (Å²) in [6.07, 6.45) is -64.0. The van der Waals surface area contributed by atoms with Crippen LogP contribution in [0.5, 0.6) is 0 Å². The lowest BCUT2D eigenvalue weighted by molar-refractivity contribution is -0.384. The van der Waals surface area contributed by atoms with Crippen molar-refractivity contribution in [3.05, 3.63) is 0 Å². The van der Waals surface area contributed by atoms with Crippen LogP contribution in [0.4, 0.5) is 0 Å². The van der Waals surface area contributed by atoms with Crippen molar-refractivity contribution >= 4 is 0 Å². The van der Waals surface area contributed by atoms with Crippen molar-refractivity contribution in [1.29, 1.82) is 0 Å². The molecule has 11 saturated heterocycles. The van der Waals surface area contributed by atoms with Crippen LogP contribution in [0.3, 0.4) is 0 Å². The zero-order valence-corrected chi connectivity index (χ0v) is 41.2. The van der Waals surface area contributed by atoms with Gasteiger partial charge in [-0.3, -0.25) is 0 Å². The highest BCUT2D eigenvalue weighted by Crippen LogP contribution is 2.36. The van der Waals surface area contributed by atoms with Crippen LogP contribution in [0.1, 0.15) is 6.92 Å². The second-order valence-electron chi connectivity index (χ2n) is 19.7. The molecule has 11 heterocycles. The predicted molar refractivity (Wildman–Crippen MR) is 236 cm³/mol. The summed E-state index contributed by atoms with van der Waals surface area (Å²) in [5.41, 5.74) is 0. The van der Waals surface area contributed by atoms with E-state index in [4.69, 9.17) is 56.8 Å². The summed E-state index contributed by atoms with van der Waals surface area (Å²) in [5.74, 6) is -1.21. The topological polar surface area (TPSA) is 556 Å². The molecule has 0 unspecified atom stereocenters. The molecule has 11 rings (SSSR count). The van der Waals surface area contributed by atoms with Gasteiger partial charge < -0.3 is 169 Å². The summed E-state index contributed by atoms with van der Waals surface area (Å²) in [4.78, 5) is 0. The van der Waals surface area contributed by atoms with Gasteiger partial charge in [0.2, 0.25) is 0 Å². The number of aliphatic hydroxyl groups excluding tert-OH is 22. The van der Waals surface area contributed by atoms with Crippen LogP contribution in [0, 0.1) is 5.92 Å². The van der Waals surface area contributed by atoms with E-state index in [1.54, 1.807) is 0 Å². The SMILES string of the molecule is C[C@H]1CO[C@H]2[C@H](O)[C@@H](O)[C@@H](O[C@H]3[C@H](O)[C@@H](O)[C@@H](O[C@H]([C@H](O)CO)[C@H](O)[C@@H](O)CO[C@H]4[C@H](O)[C@@H](O)[C@@H](O[C@H]5[C@H](O)[C@@H](O)[C@@H](O[C@H]6[C@H](O)[C@@H](O)[C@@H](O[C@H]([C@H](O)CO)[C@@H]1O)O[C@@H]6CO)O[C@@H]5CO)O[C@@H]4CO)O[C@@H]3CO)O[C@@H]2CO. The van der Waals surface area contributed by atoms with E-state index < -0.39 is 262 Å². The minimum Gasteiger partial charge on any atom is -0.394 e. The van der Waals surface area contributed by atoms with Gasteiger partial charge >= 0.3 is 0 Å². The van der Waals surface area contributed by atoms with Gasteiger partial charge in [-0.1, -0.05) is 6.92 Å². The zero-order chi connectivity index (χ0) is 56.9. The minimum atomic E-state index is -2.33. The highest BCUT2D eigenvalue weighted by Gasteiger charge is 2.56. The summed E-state index contributed by atoms with van der Waals surface area (Å²) in [6, 6.07) is 0. The van der Waals surface area contributed by atoms with Gasteiger partial charge in [0.25, 0.3) is 0 Å². The van der Waals surface area contributed by atoms with E-state index in [1.807, 2.05) is 0 Å². The van der Waals surface area contributed by atoms with Gasteiger partial charge in [-0.2, -0.15) is 0 Å². The molecule has 33 atom stereocenters. The third kappa shape index (κ3) is 14.2. The number of rotatable bonds is 9. The van der Waals surface area contributed by atoms with E-state index in [2.05, 4.69) is 0 Å². The molecule has 0 aromatic heterocycles. The number of hydrogen-bond acceptors (Lipinski definition) is 34. The largest absolute Gasteiger partial charge is 0.394 e. The summed E-state index contributed by atoms with van der Waals surface area (Å²) >= 11 is 0. The average molecular weight is 1140 g/mol. The molecule has 0 amide bonds. The van der Waals surface area contributed by atoms with E-state index in [1.165, 1.54) is 6.92 Å². The first-order chi connectivity index (χ1) is 36.5. The van der Waals surface area contributed by atoms with Crippen LogP contribution in [-0.2, 0) is 56.8 Å². The van der Waals surface area contributed by atoms with Gasteiger partial charge in [-0.25, -0.2) is 0 Å². The van der Waals surface area contributed by atoms with E-state index in [9.17, 15) is 112 Å². The Hall–Kier alpha value is -1.36. The van der Waals surface area contributed by atoms with E-state index in [0.29, 0.717) is 0 Å². The maximum absolute atomic E-state index is 11.5. The Labute approximate surface area is 437 Å². The fourth-order valence-electron chi connectivity index (χ4n) is 9.73. The van der Waals surface area contributed by atoms with Crippen LogP contribution in [0.2, 0.25) is 0 Å². The van der Waals surface area contributed by atoms with Gasteiger partial charge in [0.05, 0.1) is 65.6 Å². The molecule has 0 spiro atoms. The standard InChI is InChI=1S/C43H76O34/c1-11-9-66-34-15(4-46)68-41(27(61)22(34)56)75-36-18(7-49)71-40(30(64)25(36)59)74-33(13(52)3-45)21(55)14(53)10-67-35-16(5-47)69-42(28(62)23(35)57)76-38-19(8-50)72-43(31(65)26(38)60)77-37-17(6-48)70-39(29(63)24(37)58)73-32(20(11)54)12(51)2-44/h11-65H,2-10H2,1H3/t11-,12+,13+,14-,15+,16+,17+,18+,19+,20+,21+,22+,23+,24+,25+,26+,27+,28+,29+,30+,31+,32+,33+,34+,35+,36+,37+,38+,39+,40+,41+,42+,43+/m0/s1. The number of ether oxygens (including phenoxy) is 12. The Morgan fingerprint density at radius 2 is 0.571 bits per heavy atom. The quantitative estimate of drug-likeness (QED) is 0.102. The molecular weight excluding hydrogens is 1060 g/mol. The summed E-state index contributed by atoms with van der Waals surface area (Å²) < 4.78 is 67.7. The molecule has 11 aliphatic heterocycles. The summed E-state index contributed by atoms with van der Waals surface area (Å²) in [5, 5.41) is 239. The molecule has 0 aliphatic carbocycles. The zero-order valence-electron chi connectivity index (χ0n) is 41.2. The second kappa shape index (κ2) is 28.8. The second-order valence-corrected chi connectivity index (χ2v) is 19.7. The predicted octanol–water partition coefficient (Wildman–Crippen LogP) is -14.7. The molecule has 11 fully saturated rings. The maximum Gasteiger partial charge on any atom is 0.187 e. The van der Waals surface area contributed by atoms with Crippen molar-refractivity contribution in [2.45, 2.75) is 203 Å². The number of hydrogen-bond donors (Lipinski definition) is 22. The van der Waals surface area contributed by atoms with Gasteiger partial charge in [0, 0.05) is 5.92 Å². The lowest BCUT2D eigenvalue weighted by atomic mass is 9.94. The van der Waals surface area contributed by atoms with Gasteiger partial charge in [0.15, 0.2) is 31.5 Å². The van der Waals surface area contributed by atoms with Crippen LogP contribution in [0.15, 0.2) is 0 Å². The van der Waals surface area contributed by atoms with Crippen molar-refractivity contribution < 1.29 is 169 Å². The average Bonchev–Trinajstić information content (AvgIpc) is 3.43. The highest BCUT2D eigenvalue weighted by molar-refractivity contribution is 4.99. The molecule has 0 saturated carbocycles. The third-order valence-electron chi connectivity index (χ3n) is 14.4. The van der Waals surface area contributed by atoms with Crippen molar-refractivity contribution in [2.75, 3.05) is 59.5 Å². The lowest BCUT2D eigenvalue weighted by Crippen LogP contribution is -2.67. The summed E-state index contributed by atoms with van der Waals surface area (Å²) in [6.45, 7) is -7.76. The number of aliphatic hydroxyl groups is 22. The number of fused-ring (bicyclic) bond motifs is 5. The molecule has 11 aliphatic rings. The van der Waals surface area contributed by atoms with Crippen LogP contribution in [0.25, 0.3) is 0 Å². The normalized spacial score (nSPS) is 51.2. The first kappa shape index (κ1) is 64.8.